The van der Waals surface area contributed by atoms with Crippen molar-refractivity contribution < 1.29 is 33.4 Å². The van der Waals surface area contributed by atoms with Crippen molar-refractivity contribution in [3.63, 3.8) is 0 Å². The van der Waals surface area contributed by atoms with Gasteiger partial charge in [-0.3, -0.25) is 14.5 Å². The van der Waals surface area contributed by atoms with E-state index in [-0.39, 0.29) is 34.8 Å². The zero-order valence-corrected chi connectivity index (χ0v) is 19.7. The molecule has 3 rings (SSSR count). The van der Waals surface area contributed by atoms with E-state index >= 15 is 0 Å². The lowest BCUT2D eigenvalue weighted by Gasteiger charge is -2.27. The number of carbonyl (C=O) groups is 4. The monoisotopic (exact) mass is 476 g/mol. The van der Waals surface area contributed by atoms with Gasteiger partial charge in [0.2, 0.25) is 0 Å². The van der Waals surface area contributed by atoms with Gasteiger partial charge < -0.3 is 14.2 Å². The summed E-state index contributed by atoms with van der Waals surface area (Å²) in [5.74, 6) is -2.91. The molecular formula is C26H24N2O7. The number of imide groups is 1. The van der Waals surface area contributed by atoms with Gasteiger partial charge in [-0.15, -0.1) is 0 Å². The van der Waals surface area contributed by atoms with E-state index in [9.17, 15) is 24.4 Å². The van der Waals surface area contributed by atoms with Crippen LogP contribution in [0.5, 0.6) is 11.5 Å². The van der Waals surface area contributed by atoms with Crippen molar-refractivity contribution in [3.8, 4) is 17.6 Å². The molecule has 0 N–H and O–H groups in total. The van der Waals surface area contributed by atoms with Gasteiger partial charge in [-0.1, -0.05) is 32.0 Å². The van der Waals surface area contributed by atoms with E-state index in [0.29, 0.717) is 5.56 Å². The minimum atomic E-state index is -1.17. The van der Waals surface area contributed by atoms with Crippen molar-refractivity contribution in [1.82, 2.24) is 4.90 Å². The van der Waals surface area contributed by atoms with Crippen LogP contribution in [0.25, 0.3) is 6.08 Å². The van der Waals surface area contributed by atoms with E-state index < -0.39 is 35.7 Å². The summed E-state index contributed by atoms with van der Waals surface area (Å²) in [6.45, 7) is 5.17. The summed E-state index contributed by atoms with van der Waals surface area (Å²) >= 11 is 0. The lowest BCUT2D eigenvalue weighted by atomic mass is 10.0. The van der Waals surface area contributed by atoms with Crippen LogP contribution < -0.4 is 9.47 Å². The van der Waals surface area contributed by atoms with Crippen LogP contribution in [0.15, 0.2) is 48.0 Å². The van der Waals surface area contributed by atoms with E-state index in [0.717, 1.165) is 4.90 Å². The van der Waals surface area contributed by atoms with Gasteiger partial charge in [-0.2, -0.15) is 5.26 Å². The van der Waals surface area contributed by atoms with E-state index in [1.165, 1.54) is 31.4 Å². The molecule has 0 saturated carbocycles. The molecule has 180 valence electrons. The van der Waals surface area contributed by atoms with Gasteiger partial charge in [0, 0.05) is 0 Å². The molecule has 0 radical (unpaired) electrons. The molecule has 2 aromatic rings. The van der Waals surface area contributed by atoms with E-state index in [4.69, 9.17) is 14.2 Å². The maximum atomic E-state index is 13.2. The first-order valence-electron chi connectivity index (χ1n) is 10.9. The normalized spacial score (nSPS) is 13.8. The van der Waals surface area contributed by atoms with Crippen molar-refractivity contribution in [3.05, 3.63) is 64.7 Å². The van der Waals surface area contributed by atoms with Crippen LogP contribution in [-0.2, 0) is 14.3 Å². The largest absolute Gasteiger partial charge is 0.493 e. The third-order valence-corrected chi connectivity index (χ3v) is 5.30. The Morgan fingerprint density at radius 2 is 1.69 bits per heavy atom. The van der Waals surface area contributed by atoms with Gasteiger partial charge in [0.05, 0.1) is 24.8 Å². The zero-order chi connectivity index (χ0) is 25.7. The van der Waals surface area contributed by atoms with E-state index in [2.05, 4.69) is 0 Å². The molecule has 9 heteroatoms. The first kappa shape index (κ1) is 25.2. The van der Waals surface area contributed by atoms with Gasteiger partial charge in [0.1, 0.15) is 17.7 Å². The quantitative estimate of drug-likeness (QED) is 0.187. The Morgan fingerprint density at radius 3 is 2.20 bits per heavy atom. The minimum Gasteiger partial charge on any atom is -0.493 e. The van der Waals surface area contributed by atoms with Crippen LogP contribution in [0.2, 0.25) is 0 Å². The number of hydrogen-bond donors (Lipinski definition) is 0. The number of fused-ring (bicyclic) bond motifs is 1. The van der Waals surface area contributed by atoms with Crippen molar-refractivity contribution in [1.29, 1.82) is 5.26 Å². The molecule has 1 aliphatic rings. The molecule has 0 aromatic heterocycles. The summed E-state index contributed by atoms with van der Waals surface area (Å²) in [5.41, 5.74) is 0.704. The number of amides is 2. The Labute approximate surface area is 202 Å². The van der Waals surface area contributed by atoms with Crippen molar-refractivity contribution >= 4 is 29.8 Å². The van der Waals surface area contributed by atoms with Crippen LogP contribution in [0, 0.1) is 17.2 Å². The maximum Gasteiger partial charge on any atom is 0.348 e. The number of nitriles is 1. The molecule has 0 fully saturated rings. The lowest BCUT2D eigenvalue weighted by Crippen LogP contribution is -2.49. The maximum absolute atomic E-state index is 13.2. The fourth-order valence-corrected chi connectivity index (χ4v) is 3.68. The highest BCUT2D eigenvalue weighted by atomic mass is 16.6. The number of ether oxygens (including phenoxy) is 3. The standard InChI is InChI=1S/C26H24N2O7/c1-5-34-25(31)17(14-27)12-16-10-11-20(21(13-16)33-4)35-26(32)22(15(2)3)28-23(29)18-8-6-7-9-19(18)24(28)30/h6-13,15,22H,5H2,1-4H3/b17-12+. The average molecular weight is 476 g/mol. The number of nitrogens with zero attached hydrogens (tertiary/aromatic N) is 2. The Balaban J connectivity index is 1.88. The van der Waals surface area contributed by atoms with Crippen LogP contribution >= 0.6 is 0 Å². The van der Waals surface area contributed by atoms with Gasteiger partial charge in [0.15, 0.2) is 11.5 Å². The second kappa shape index (κ2) is 10.7. The number of methoxy groups -OCH3 is 1. The summed E-state index contributed by atoms with van der Waals surface area (Å²) in [7, 11) is 1.36. The molecule has 0 saturated heterocycles. The molecule has 35 heavy (non-hydrogen) atoms. The van der Waals surface area contributed by atoms with Crippen LogP contribution in [0.1, 0.15) is 47.1 Å². The second-order valence-electron chi connectivity index (χ2n) is 7.94. The number of rotatable bonds is 8. The average Bonchev–Trinajstić information content (AvgIpc) is 3.08. The Bertz CT molecular complexity index is 1220. The van der Waals surface area contributed by atoms with Crippen molar-refractivity contribution in [2.75, 3.05) is 13.7 Å². The molecule has 1 aliphatic heterocycles. The summed E-state index contributed by atoms with van der Waals surface area (Å²) < 4.78 is 15.7. The molecule has 0 spiro atoms. The van der Waals surface area contributed by atoms with Crippen LogP contribution in [0.4, 0.5) is 0 Å². The third kappa shape index (κ3) is 5.06. The van der Waals surface area contributed by atoms with Crippen LogP contribution in [0.3, 0.4) is 0 Å². The molecule has 1 unspecified atom stereocenters. The fourth-order valence-electron chi connectivity index (χ4n) is 3.68. The highest BCUT2D eigenvalue weighted by Gasteiger charge is 2.45. The molecule has 1 atom stereocenters. The Kier molecular flexibility index (Phi) is 7.66. The number of hydrogen-bond acceptors (Lipinski definition) is 8. The molecule has 2 aromatic carbocycles. The predicted molar refractivity (Wildman–Crippen MR) is 124 cm³/mol. The van der Waals surface area contributed by atoms with Gasteiger partial charge in [-0.25, -0.2) is 9.59 Å². The Morgan fingerprint density at radius 1 is 1.06 bits per heavy atom. The highest BCUT2D eigenvalue weighted by molar-refractivity contribution is 6.22. The highest BCUT2D eigenvalue weighted by Crippen LogP contribution is 2.32. The van der Waals surface area contributed by atoms with Gasteiger partial charge in [-0.05, 0) is 48.7 Å². The topological polar surface area (TPSA) is 123 Å². The van der Waals surface area contributed by atoms with E-state index in [1.807, 2.05) is 0 Å². The first-order chi connectivity index (χ1) is 16.7. The molecule has 1 heterocycles. The first-order valence-corrected chi connectivity index (χ1v) is 10.9. The van der Waals surface area contributed by atoms with E-state index in [1.54, 1.807) is 51.1 Å². The summed E-state index contributed by atoms with van der Waals surface area (Å²) in [6, 6.07) is 11.4. The number of esters is 2. The summed E-state index contributed by atoms with van der Waals surface area (Å²) in [5, 5.41) is 9.23. The van der Waals surface area contributed by atoms with Gasteiger partial charge in [0.25, 0.3) is 11.8 Å². The summed E-state index contributed by atoms with van der Waals surface area (Å²) in [6.07, 6.45) is 1.32. The third-order valence-electron chi connectivity index (χ3n) is 5.30. The SMILES string of the molecule is CCOC(=O)/C(C#N)=C/c1ccc(OC(=O)C(C(C)C)N2C(=O)c3ccccc3C2=O)c(OC)c1. The number of carbonyl (C=O) groups excluding carboxylic acids is 4. The minimum absolute atomic E-state index is 0.0477. The second-order valence-corrected chi connectivity index (χ2v) is 7.94. The summed E-state index contributed by atoms with van der Waals surface area (Å²) in [4.78, 5) is 51.8. The predicted octanol–water partition coefficient (Wildman–Crippen LogP) is 3.39. The molecule has 0 bridgehead atoms. The molecule has 0 aliphatic carbocycles. The molecular weight excluding hydrogens is 452 g/mol. The Hall–Kier alpha value is -4.45. The van der Waals surface area contributed by atoms with Crippen molar-refractivity contribution in [2.45, 2.75) is 26.8 Å². The van der Waals surface area contributed by atoms with Crippen LogP contribution in [-0.4, -0.2) is 48.4 Å². The lowest BCUT2D eigenvalue weighted by molar-refractivity contribution is -0.140. The fraction of sp³-hybridized carbons (Fsp3) is 0.269. The molecule has 9 nitrogen and oxygen atoms in total. The molecule has 2 amide bonds. The van der Waals surface area contributed by atoms with Gasteiger partial charge >= 0.3 is 11.9 Å². The van der Waals surface area contributed by atoms with Crippen molar-refractivity contribution in [2.24, 2.45) is 5.92 Å². The zero-order valence-electron chi connectivity index (χ0n) is 19.7. The number of benzene rings is 2. The smallest absolute Gasteiger partial charge is 0.348 e.